The third kappa shape index (κ3) is 2.99. The maximum atomic E-state index is 4.50. The van der Waals surface area contributed by atoms with E-state index in [1.54, 1.807) is 0 Å². The lowest BCUT2D eigenvalue weighted by Gasteiger charge is -2.38. The van der Waals surface area contributed by atoms with Crippen LogP contribution in [0.4, 0.5) is 0 Å². The number of fused-ring (bicyclic) bond motifs is 7. The zero-order valence-electron chi connectivity index (χ0n) is 11.0. The van der Waals surface area contributed by atoms with Gasteiger partial charge in [-0.1, -0.05) is 13.3 Å². The average Bonchev–Trinajstić information content (AvgIpc) is 2.20. The van der Waals surface area contributed by atoms with Gasteiger partial charge >= 0.3 is 0 Å². The third-order valence-corrected chi connectivity index (χ3v) is 4.50. The molecule has 3 aliphatic rings. The van der Waals surface area contributed by atoms with Crippen molar-refractivity contribution in [3.63, 3.8) is 0 Å². The van der Waals surface area contributed by atoms with Crippen LogP contribution in [-0.2, 0) is 0 Å². The lowest BCUT2D eigenvalue weighted by atomic mass is 9.69. The Bertz CT molecular complexity index is 253. The maximum Gasteiger partial charge on any atom is 0.0437 e. The van der Waals surface area contributed by atoms with Gasteiger partial charge in [0.25, 0.3) is 0 Å². The summed E-state index contributed by atoms with van der Waals surface area (Å²) < 4.78 is 0. The van der Waals surface area contributed by atoms with E-state index in [0.29, 0.717) is 6.04 Å². The molecule has 1 aliphatic carbocycles. The van der Waals surface area contributed by atoms with E-state index >= 15 is 0 Å². The van der Waals surface area contributed by atoms with E-state index in [4.69, 9.17) is 0 Å². The van der Waals surface area contributed by atoms with Crippen LogP contribution in [0.3, 0.4) is 0 Å². The first kappa shape index (κ1) is 11.9. The number of nitrogens with one attached hydrogen (secondary N) is 1. The summed E-state index contributed by atoms with van der Waals surface area (Å²) in [6.45, 7) is 6.78. The summed E-state index contributed by atoms with van der Waals surface area (Å²) in [6, 6.07) is 0.522. The highest BCUT2D eigenvalue weighted by Gasteiger charge is 2.30. The van der Waals surface area contributed by atoms with Crippen LogP contribution in [0, 0.1) is 17.8 Å². The first-order valence-corrected chi connectivity index (χ1v) is 6.94. The smallest absolute Gasteiger partial charge is 0.0437 e. The van der Waals surface area contributed by atoms with Gasteiger partial charge in [-0.2, -0.15) is 5.10 Å². The highest BCUT2D eigenvalue weighted by atomic mass is 15.3. The highest BCUT2D eigenvalue weighted by molar-refractivity contribution is 5.81. The van der Waals surface area contributed by atoms with Crippen molar-refractivity contribution >= 4 is 5.71 Å². The van der Waals surface area contributed by atoms with E-state index in [9.17, 15) is 0 Å². The number of hydrogen-bond donors (Lipinski definition) is 1. The minimum absolute atomic E-state index is 0.522. The molecule has 2 aliphatic heterocycles. The first-order valence-electron chi connectivity index (χ1n) is 6.94. The van der Waals surface area contributed by atoms with Crippen LogP contribution >= 0.6 is 0 Å². The normalized spacial score (nSPS) is 44.1. The van der Waals surface area contributed by atoms with Gasteiger partial charge in [-0.3, -0.25) is 0 Å². The number of hydrogen-bond acceptors (Lipinski definition) is 2. The van der Waals surface area contributed by atoms with E-state index in [-0.39, 0.29) is 0 Å². The second kappa shape index (κ2) is 5.20. The van der Waals surface area contributed by atoms with Gasteiger partial charge < -0.3 is 5.43 Å². The molecule has 2 atom stereocenters. The fourth-order valence-electron chi connectivity index (χ4n) is 3.07. The van der Waals surface area contributed by atoms with Gasteiger partial charge in [0.05, 0.1) is 0 Å². The summed E-state index contributed by atoms with van der Waals surface area (Å²) in [5, 5.41) is 4.50. The Morgan fingerprint density at radius 1 is 1.12 bits per heavy atom. The van der Waals surface area contributed by atoms with Crippen LogP contribution in [0.2, 0.25) is 0 Å². The van der Waals surface area contributed by atoms with Crippen LogP contribution in [-0.4, -0.2) is 11.8 Å². The molecular weight excluding hydrogens is 196 g/mol. The average molecular weight is 222 g/mol. The molecule has 0 radical (unpaired) electrons. The molecule has 92 valence electrons. The summed E-state index contributed by atoms with van der Waals surface area (Å²) in [6.07, 6.45) is 8.31. The lowest BCUT2D eigenvalue weighted by molar-refractivity contribution is 0.141. The van der Waals surface area contributed by atoms with Crippen molar-refractivity contribution in [3.8, 4) is 0 Å². The monoisotopic (exact) mass is 222 g/mol. The molecule has 16 heavy (non-hydrogen) atoms. The molecule has 1 fully saturated rings. The Morgan fingerprint density at radius 2 is 1.88 bits per heavy atom. The van der Waals surface area contributed by atoms with Gasteiger partial charge in [-0.05, 0) is 63.7 Å². The molecule has 0 aromatic carbocycles. The fraction of sp³-hybridized carbons (Fsp3) is 0.929. The van der Waals surface area contributed by atoms with Crippen LogP contribution in [0.5, 0.6) is 0 Å². The Kier molecular flexibility index (Phi) is 3.88. The van der Waals surface area contributed by atoms with Gasteiger partial charge in [0.1, 0.15) is 0 Å². The molecule has 2 heterocycles. The SMILES string of the molecule is C/C1=N/N[C@@H](C)C(C)CC2CC(CCC1)C2. The Labute approximate surface area is 99.9 Å². The molecular formula is C14H26N2. The van der Waals surface area contributed by atoms with E-state index in [2.05, 4.69) is 31.3 Å². The van der Waals surface area contributed by atoms with Crippen molar-refractivity contribution in [1.29, 1.82) is 0 Å². The summed E-state index contributed by atoms with van der Waals surface area (Å²) in [7, 11) is 0. The van der Waals surface area contributed by atoms with Crippen molar-refractivity contribution in [2.24, 2.45) is 22.9 Å². The molecule has 2 nitrogen and oxygen atoms in total. The molecule has 1 saturated carbocycles. The predicted octanol–water partition coefficient (Wildman–Crippen LogP) is 3.58. The summed E-state index contributed by atoms with van der Waals surface area (Å²) in [5.74, 6) is 2.79. The molecule has 2 bridgehead atoms. The maximum absolute atomic E-state index is 4.50. The number of hydrazone groups is 1. The Balaban J connectivity index is 1.94. The molecule has 0 spiro atoms. The van der Waals surface area contributed by atoms with Crippen molar-refractivity contribution < 1.29 is 0 Å². The molecule has 3 rings (SSSR count). The van der Waals surface area contributed by atoms with Crippen molar-refractivity contribution in [2.45, 2.75) is 65.3 Å². The first-order chi connectivity index (χ1) is 7.65. The van der Waals surface area contributed by atoms with Crippen molar-refractivity contribution in [1.82, 2.24) is 5.43 Å². The molecule has 1 unspecified atom stereocenters. The minimum Gasteiger partial charge on any atom is -0.307 e. The van der Waals surface area contributed by atoms with E-state index < -0.39 is 0 Å². The number of nitrogens with zero attached hydrogens (tertiary/aromatic N) is 1. The largest absolute Gasteiger partial charge is 0.307 e. The molecule has 1 N–H and O–H groups in total. The van der Waals surface area contributed by atoms with Crippen molar-refractivity contribution in [3.05, 3.63) is 0 Å². The summed E-state index contributed by atoms with van der Waals surface area (Å²) in [4.78, 5) is 0. The lowest BCUT2D eigenvalue weighted by Crippen LogP contribution is -2.34. The van der Waals surface area contributed by atoms with Crippen LogP contribution in [0.15, 0.2) is 5.10 Å². The second-order valence-corrected chi connectivity index (χ2v) is 6.07. The second-order valence-electron chi connectivity index (χ2n) is 6.07. The molecule has 0 aromatic heterocycles. The van der Waals surface area contributed by atoms with Gasteiger partial charge in [-0.25, -0.2) is 0 Å². The Morgan fingerprint density at radius 3 is 2.62 bits per heavy atom. The van der Waals surface area contributed by atoms with Crippen LogP contribution < -0.4 is 5.43 Å². The van der Waals surface area contributed by atoms with Crippen molar-refractivity contribution in [2.75, 3.05) is 0 Å². The fourth-order valence-corrected chi connectivity index (χ4v) is 3.07. The summed E-state index contributed by atoms with van der Waals surface area (Å²) >= 11 is 0. The van der Waals surface area contributed by atoms with Gasteiger partial charge in [0.15, 0.2) is 0 Å². The van der Waals surface area contributed by atoms with E-state index in [1.807, 2.05) is 0 Å². The Hall–Kier alpha value is -0.530. The minimum atomic E-state index is 0.522. The molecule has 0 saturated heterocycles. The zero-order chi connectivity index (χ0) is 11.5. The summed E-state index contributed by atoms with van der Waals surface area (Å²) in [5.41, 5.74) is 4.60. The van der Waals surface area contributed by atoms with Gasteiger partial charge in [0, 0.05) is 11.8 Å². The number of rotatable bonds is 0. The predicted molar refractivity (Wildman–Crippen MR) is 69.6 cm³/mol. The highest BCUT2D eigenvalue weighted by Crippen LogP contribution is 2.41. The zero-order valence-corrected chi connectivity index (χ0v) is 11.0. The van der Waals surface area contributed by atoms with E-state index in [0.717, 1.165) is 17.8 Å². The van der Waals surface area contributed by atoms with Gasteiger partial charge in [-0.15, -0.1) is 0 Å². The van der Waals surface area contributed by atoms with Crippen LogP contribution in [0.1, 0.15) is 59.3 Å². The molecule has 2 heteroatoms. The topological polar surface area (TPSA) is 24.4 Å². The third-order valence-electron chi connectivity index (χ3n) is 4.50. The standard InChI is InChI=1S/C14H26N2/c1-10-7-14-8-13(9-14)6-4-5-11(2)15-16-12(10)3/h10,12-14,16H,4-9H2,1-3H3/b15-11-/t10?,12-,13?,14?/m0/s1. The quantitative estimate of drug-likeness (QED) is 0.665. The van der Waals surface area contributed by atoms with Crippen LogP contribution in [0.25, 0.3) is 0 Å². The molecule has 0 aromatic rings. The van der Waals surface area contributed by atoms with Gasteiger partial charge in [0.2, 0.25) is 0 Å². The van der Waals surface area contributed by atoms with E-state index in [1.165, 1.54) is 44.2 Å². The molecule has 0 amide bonds.